The fourth-order valence-corrected chi connectivity index (χ4v) is 5.45. The minimum absolute atomic E-state index is 0.233. The Kier molecular flexibility index (Phi) is 5.65. The van der Waals surface area contributed by atoms with Gasteiger partial charge in [-0.15, -0.1) is 0 Å². The first-order chi connectivity index (χ1) is 17.4. The number of hydrogen-bond donors (Lipinski definition) is 2. The summed E-state index contributed by atoms with van der Waals surface area (Å²) >= 11 is 0. The van der Waals surface area contributed by atoms with Crippen molar-refractivity contribution in [3.05, 3.63) is 53.9 Å². The first-order valence-corrected chi connectivity index (χ1v) is 12.3. The van der Waals surface area contributed by atoms with Crippen molar-refractivity contribution in [1.29, 1.82) is 0 Å². The van der Waals surface area contributed by atoms with Gasteiger partial charge in [0, 0.05) is 75.1 Å². The lowest BCUT2D eigenvalue weighted by molar-refractivity contribution is 0.0149. The van der Waals surface area contributed by atoms with E-state index in [1.165, 1.54) is 6.07 Å². The number of halogens is 1. The first-order valence-electron chi connectivity index (χ1n) is 12.3. The topological polar surface area (TPSA) is 88.7 Å². The number of benzene rings is 1. The molecule has 4 heterocycles. The number of fused-ring (bicyclic) bond motifs is 2. The number of carbonyl (C=O) groups is 1. The maximum atomic E-state index is 14.5. The molecule has 188 valence electrons. The summed E-state index contributed by atoms with van der Waals surface area (Å²) in [7, 11) is 3.63. The second-order valence-corrected chi connectivity index (χ2v) is 9.97. The van der Waals surface area contributed by atoms with Gasteiger partial charge in [-0.1, -0.05) is 0 Å². The quantitative estimate of drug-likeness (QED) is 0.431. The molecule has 36 heavy (non-hydrogen) atoms. The lowest BCUT2D eigenvalue weighted by atomic mass is 9.88. The van der Waals surface area contributed by atoms with E-state index >= 15 is 0 Å². The molecule has 1 saturated carbocycles. The van der Waals surface area contributed by atoms with Gasteiger partial charge in [0.2, 0.25) is 0 Å². The van der Waals surface area contributed by atoms with Gasteiger partial charge < -0.3 is 24.7 Å². The van der Waals surface area contributed by atoms with Crippen LogP contribution in [0, 0.1) is 12.7 Å². The highest BCUT2D eigenvalue weighted by atomic mass is 19.1. The van der Waals surface area contributed by atoms with E-state index in [0.717, 1.165) is 43.4 Å². The van der Waals surface area contributed by atoms with Crippen molar-refractivity contribution in [3.8, 4) is 0 Å². The summed E-state index contributed by atoms with van der Waals surface area (Å²) in [6, 6.07) is 6.05. The highest BCUT2D eigenvalue weighted by Gasteiger charge is 2.33. The molecule has 2 N–H and O–H groups in total. The molecule has 0 radical (unpaired) electrons. The van der Waals surface area contributed by atoms with Gasteiger partial charge in [-0.05, 0) is 38.3 Å². The van der Waals surface area contributed by atoms with Crippen LogP contribution in [-0.4, -0.2) is 63.5 Å². The molecule has 1 amide bonds. The van der Waals surface area contributed by atoms with Crippen LogP contribution in [0.3, 0.4) is 0 Å². The third-order valence-corrected chi connectivity index (χ3v) is 7.33. The molecule has 1 aliphatic heterocycles. The van der Waals surface area contributed by atoms with E-state index in [2.05, 4.69) is 25.6 Å². The van der Waals surface area contributed by atoms with Gasteiger partial charge in [-0.25, -0.2) is 9.37 Å². The van der Waals surface area contributed by atoms with E-state index in [0.29, 0.717) is 40.6 Å². The number of anilines is 2. The van der Waals surface area contributed by atoms with Crippen molar-refractivity contribution in [1.82, 2.24) is 24.5 Å². The minimum Gasteiger partial charge on any atom is -0.381 e. The number of methoxy groups -OCH3 is 1. The molecule has 3 aromatic heterocycles. The Morgan fingerprint density at radius 2 is 2.03 bits per heavy atom. The molecule has 10 heteroatoms. The molecule has 2 fully saturated rings. The lowest BCUT2D eigenvalue weighted by Gasteiger charge is -2.36. The summed E-state index contributed by atoms with van der Waals surface area (Å²) in [4.78, 5) is 19.8. The lowest BCUT2D eigenvalue weighted by Crippen LogP contribution is -2.49. The monoisotopic (exact) mass is 491 g/mol. The molecule has 0 bridgehead atoms. The third-order valence-electron chi connectivity index (χ3n) is 7.33. The molecule has 1 unspecified atom stereocenters. The van der Waals surface area contributed by atoms with Crippen molar-refractivity contribution in [2.45, 2.75) is 44.4 Å². The van der Waals surface area contributed by atoms with Gasteiger partial charge in [0.15, 0.2) is 11.5 Å². The highest BCUT2D eigenvalue weighted by molar-refractivity contribution is 6.13. The fourth-order valence-electron chi connectivity index (χ4n) is 5.45. The molecule has 1 saturated heterocycles. The van der Waals surface area contributed by atoms with Gasteiger partial charge in [-0.3, -0.25) is 9.48 Å². The molecule has 2 aliphatic rings. The number of nitrogens with one attached hydrogen (secondary N) is 2. The zero-order chi connectivity index (χ0) is 25.0. The Morgan fingerprint density at radius 1 is 1.19 bits per heavy atom. The fraction of sp³-hybridized carbons (Fsp3) is 0.423. The number of aryl methyl sites for hydroxylation is 2. The Balaban J connectivity index is 1.22. The minimum atomic E-state index is -0.490. The Labute approximate surface area is 208 Å². The van der Waals surface area contributed by atoms with Crippen LogP contribution >= 0.6 is 0 Å². The number of nitrogens with zero attached hydrogens (tertiary/aromatic N) is 5. The molecule has 1 aliphatic carbocycles. The summed E-state index contributed by atoms with van der Waals surface area (Å²) in [5.41, 5.74) is 3.45. The van der Waals surface area contributed by atoms with Gasteiger partial charge >= 0.3 is 0 Å². The van der Waals surface area contributed by atoms with Crippen LogP contribution in [0.25, 0.3) is 16.6 Å². The van der Waals surface area contributed by atoms with Gasteiger partial charge in [0.05, 0.1) is 23.0 Å². The van der Waals surface area contributed by atoms with Crippen LogP contribution in [-0.2, 0) is 11.8 Å². The van der Waals surface area contributed by atoms with E-state index in [4.69, 9.17) is 4.74 Å². The van der Waals surface area contributed by atoms with Crippen molar-refractivity contribution >= 4 is 33.8 Å². The van der Waals surface area contributed by atoms with Gasteiger partial charge in [-0.2, -0.15) is 5.10 Å². The Bertz CT molecular complexity index is 1460. The van der Waals surface area contributed by atoms with E-state index < -0.39 is 5.82 Å². The van der Waals surface area contributed by atoms with Gasteiger partial charge in [0.1, 0.15) is 5.52 Å². The number of aromatic nitrogens is 4. The summed E-state index contributed by atoms with van der Waals surface area (Å²) in [5, 5.41) is 12.1. The SMILES string of the molecule is COC1CC(NC2CCN(c3ccc(C(=O)Nc4cc(F)c5nc(C)cn5c4)c4nn(C)cc34)C2)C1. The predicted octanol–water partition coefficient (Wildman–Crippen LogP) is 3.27. The summed E-state index contributed by atoms with van der Waals surface area (Å²) in [5.74, 6) is -0.824. The molecule has 1 aromatic carbocycles. The number of ether oxygens (including phenoxy) is 1. The van der Waals surface area contributed by atoms with Crippen LogP contribution in [0.5, 0.6) is 0 Å². The third kappa shape index (κ3) is 4.10. The summed E-state index contributed by atoms with van der Waals surface area (Å²) in [6.07, 6.45) is 8.93. The van der Waals surface area contributed by atoms with Crippen LogP contribution in [0.2, 0.25) is 0 Å². The van der Waals surface area contributed by atoms with Gasteiger partial charge in [0.25, 0.3) is 5.91 Å². The number of amides is 1. The number of hydrogen-bond acceptors (Lipinski definition) is 6. The first kappa shape index (κ1) is 22.9. The van der Waals surface area contributed by atoms with E-state index in [-0.39, 0.29) is 11.6 Å². The largest absolute Gasteiger partial charge is 0.381 e. The molecule has 4 aromatic rings. The normalized spacial score (nSPS) is 21.9. The summed E-state index contributed by atoms with van der Waals surface area (Å²) < 4.78 is 23.2. The average molecular weight is 492 g/mol. The Morgan fingerprint density at radius 3 is 2.83 bits per heavy atom. The maximum Gasteiger partial charge on any atom is 0.257 e. The predicted molar refractivity (Wildman–Crippen MR) is 136 cm³/mol. The van der Waals surface area contributed by atoms with Crippen LogP contribution in [0.4, 0.5) is 15.8 Å². The number of imidazole rings is 1. The Hall–Kier alpha value is -3.50. The molecule has 6 rings (SSSR count). The number of pyridine rings is 1. The van der Waals surface area contributed by atoms with Crippen molar-refractivity contribution in [2.24, 2.45) is 7.05 Å². The highest BCUT2D eigenvalue weighted by Crippen LogP contribution is 2.32. The van der Waals surface area contributed by atoms with Crippen molar-refractivity contribution < 1.29 is 13.9 Å². The number of carbonyl (C=O) groups excluding carboxylic acids is 1. The number of rotatable bonds is 6. The molecule has 9 nitrogen and oxygen atoms in total. The molecule has 0 spiro atoms. The molecular formula is C26H30FN7O2. The van der Waals surface area contributed by atoms with E-state index in [9.17, 15) is 9.18 Å². The van der Waals surface area contributed by atoms with E-state index in [1.54, 1.807) is 35.5 Å². The standard InChI is InChI=1S/C26H30FN7O2/c1-15-11-34-13-18(10-22(27)25(34)28-15)30-26(35)20-4-5-23(21-14-32(2)31-24(20)21)33-7-6-16(12-33)29-17-8-19(9-17)36-3/h4-5,10-11,13-14,16-17,19,29H,6-9,12H2,1-3H3,(H,30,35). The smallest absolute Gasteiger partial charge is 0.257 e. The van der Waals surface area contributed by atoms with Crippen molar-refractivity contribution in [2.75, 3.05) is 30.4 Å². The summed E-state index contributed by atoms with van der Waals surface area (Å²) in [6.45, 7) is 3.65. The second-order valence-electron chi connectivity index (χ2n) is 9.97. The van der Waals surface area contributed by atoms with Crippen LogP contribution in [0.15, 0.2) is 36.8 Å². The molecule has 1 atom stereocenters. The maximum absolute atomic E-state index is 14.5. The zero-order valence-corrected chi connectivity index (χ0v) is 20.7. The van der Waals surface area contributed by atoms with Crippen LogP contribution < -0.4 is 15.5 Å². The second kappa shape index (κ2) is 8.86. The van der Waals surface area contributed by atoms with Crippen molar-refractivity contribution in [3.63, 3.8) is 0 Å². The van der Waals surface area contributed by atoms with Crippen LogP contribution in [0.1, 0.15) is 35.3 Å². The average Bonchev–Trinajstić information content (AvgIpc) is 3.52. The zero-order valence-electron chi connectivity index (χ0n) is 20.7. The van der Waals surface area contributed by atoms with E-state index in [1.807, 2.05) is 25.4 Å². The molecular weight excluding hydrogens is 461 g/mol.